The van der Waals surface area contributed by atoms with Gasteiger partial charge in [0, 0.05) is 24.6 Å². The zero-order chi connectivity index (χ0) is 12.3. The lowest BCUT2D eigenvalue weighted by molar-refractivity contribution is 0.0289. The monoisotopic (exact) mass is 259 g/mol. The fraction of sp³-hybridized carbons (Fsp3) is 0.667. The van der Waals surface area contributed by atoms with Crippen LogP contribution in [0.25, 0.3) is 0 Å². The highest BCUT2D eigenvalue weighted by Gasteiger charge is 2.03. The molecule has 0 fully saturated rings. The summed E-state index contributed by atoms with van der Waals surface area (Å²) in [5.74, 6) is 0. The molecule has 5 heteroatoms. The number of nitrogens with one attached hydrogen (secondary N) is 1. The third kappa shape index (κ3) is 7.46. The van der Waals surface area contributed by atoms with Gasteiger partial charge in [0.25, 0.3) is 0 Å². The minimum atomic E-state index is -0.461. The Hall–Kier alpha value is -0.460. The molecule has 2 N–H and O–H groups in total. The highest BCUT2D eigenvalue weighted by atomic mass is 32.1. The van der Waals surface area contributed by atoms with Crippen molar-refractivity contribution in [1.29, 1.82) is 0 Å². The fourth-order valence-electron chi connectivity index (χ4n) is 1.31. The van der Waals surface area contributed by atoms with Crippen molar-refractivity contribution in [3.63, 3.8) is 0 Å². The van der Waals surface area contributed by atoms with Gasteiger partial charge in [0.2, 0.25) is 0 Å². The maximum absolute atomic E-state index is 9.61. The van der Waals surface area contributed by atoms with E-state index >= 15 is 0 Å². The molecule has 0 bridgehead atoms. The molecule has 0 spiro atoms. The predicted octanol–water partition coefficient (Wildman–Crippen LogP) is 1.25. The Labute approximate surface area is 107 Å². The van der Waals surface area contributed by atoms with E-state index in [9.17, 15) is 5.11 Å². The third-order valence-electron chi connectivity index (χ3n) is 2.14. The molecule has 0 amide bonds. The van der Waals surface area contributed by atoms with E-state index in [0.717, 1.165) is 13.2 Å². The standard InChI is InChI=1S/C12H21NO3S/c1-2-15-6-5-13-8-11(14)9-16-10-12-4-3-7-17-12/h3-4,7,11,13-14H,2,5-6,8-10H2,1H3. The van der Waals surface area contributed by atoms with Gasteiger partial charge in [-0.15, -0.1) is 11.3 Å². The summed E-state index contributed by atoms with van der Waals surface area (Å²) in [5.41, 5.74) is 0. The third-order valence-corrected chi connectivity index (χ3v) is 2.99. The van der Waals surface area contributed by atoms with Crippen LogP contribution in [0.15, 0.2) is 17.5 Å². The number of hydrogen-bond donors (Lipinski definition) is 2. The molecule has 0 aliphatic carbocycles. The number of ether oxygens (including phenoxy) is 2. The largest absolute Gasteiger partial charge is 0.389 e. The van der Waals surface area contributed by atoms with Gasteiger partial charge < -0.3 is 19.9 Å². The first-order valence-corrected chi connectivity index (χ1v) is 6.77. The lowest BCUT2D eigenvalue weighted by Gasteiger charge is -2.11. The molecule has 4 nitrogen and oxygen atoms in total. The first-order valence-electron chi connectivity index (χ1n) is 5.89. The number of aliphatic hydroxyl groups is 1. The Morgan fingerprint density at radius 2 is 2.35 bits per heavy atom. The molecule has 1 aromatic heterocycles. The fourth-order valence-corrected chi connectivity index (χ4v) is 1.95. The van der Waals surface area contributed by atoms with Crippen LogP contribution in [-0.4, -0.2) is 44.1 Å². The molecule has 1 aromatic rings. The van der Waals surface area contributed by atoms with Crippen LogP contribution in [0.1, 0.15) is 11.8 Å². The van der Waals surface area contributed by atoms with Crippen LogP contribution in [0.5, 0.6) is 0 Å². The van der Waals surface area contributed by atoms with Crippen molar-refractivity contribution in [2.24, 2.45) is 0 Å². The van der Waals surface area contributed by atoms with Crippen LogP contribution in [0.3, 0.4) is 0 Å². The molecule has 1 heterocycles. The zero-order valence-electron chi connectivity index (χ0n) is 10.2. The van der Waals surface area contributed by atoms with Crippen LogP contribution in [-0.2, 0) is 16.1 Å². The minimum Gasteiger partial charge on any atom is -0.389 e. The van der Waals surface area contributed by atoms with E-state index in [2.05, 4.69) is 5.32 Å². The van der Waals surface area contributed by atoms with Crippen molar-refractivity contribution < 1.29 is 14.6 Å². The molecule has 0 saturated heterocycles. The molecule has 1 unspecified atom stereocenters. The number of rotatable bonds is 10. The van der Waals surface area contributed by atoms with Crippen molar-refractivity contribution in [3.05, 3.63) is 22.4 Å². The second-order valence-electron chi connectivity index (χ2n) is 3.65. The van der Waals surface area contributed by atoms with Gasteiger partial charge in [-0.2, -0.15) is 0 Å². The van der Waals surface area contributed by atoms with Crippen LogP contribution >= 0.6 is 11.3 Å². The van der Waals surface area contributed by atoms with E-state index in [1.54, 1.807) is 11.3 Å². The first-order chi connectivity index (χ1) is 8.33. The smallest absolute Gasteiger partial charge is 0.0897 e. The minimum absolute atomic E-state index is 0.361. The molecule has 0 aliphatic rings. The molecule has 98 valence electrons. The van der Waals surface area contributed by atoms with Crippen LogP contribution < -0.4 is 5.32 Å². The Morgan fingerprint density at radius 1 is 1.47 bits per heavy atom. The van der Waals surface area contributed by atoms with Crippen molar-refractivity contribution in [3.8, 4) is 0 Å². The summed E-state index contributed by atoms with van der Waals surface area (Å²) in [6, 6.07) is 4.02. The summed E-state index contributed by atoms with van der Waals surface area (Å²) in [7, 11) is 0. The van der Waals surface area contributed by atoms with Gasteiger partial charge in [0.15, 0.2) is 0 Å². The summed E-state index contributed by atoms with van der Waals surface area (Å²) in [6.45, 7) is 5.61. The van der Waals surface area contributed by atoms with Crippen molar-refractivity contribution in [2.45, 2.75) is 19.6 Å². The topological polar surface area (TPSA) is 50.7 Å². The Kier molecular flexibility index (Phi) is 8.21. The van der Waals surface area contributed by atoms with Crippen LogP contribution in [0, 0.1) is 0 Å². The molecular formula is C12H21NO3S. The second kappa shape index (κ2) is 9.56. The lowest BCUT2D eigenvalue weighted by Crippen LogP contribution is -2.32. The quantitative estimate of drug-likeness (QED) is 0.621. The number of hydrogen-bond acceptors (Lipinski definition) is 5. The molecule has 0 saturated carbocycles. The van der Waals surface area contributed by atoms with E-state index in [-0.39, 0.29) is 0 Å². The molecular weight excluding hydrogens is 238 g/mol. The first kappa shape index (κ1) is 14.6. The molecule has 17 heavy (non-hydrogen) atoms. The van der Waals surface area contributed by atoms with E-state index in [1.165, 1.54) is 4.88 Å². The van der Waals surface area contributed by atoms with Gasteiger partial charge in [-0.3, -0.25) is 0 Å². The number of aliphatic hydroxyl groups excluding tert-OH is 1. The summed E-state index contributed by atoms with van der Waals surface area (Å²) in [4.78, 5) is 1.18. The normalized spacial score (nSPS) is 12.8. The summed E-state index contributed by atoms with van der Waals surface area (Å²) in [6.07, 6.45) is -0.461. The lowest BCUT2D eigenvalue weighted by atomic mass is 10.4. The molecule has 1 rings (SSSR count). The Balaban J connectivity index is 1.92. The van der Waals surface area contributed by atoms with Crippen molar-refractivity contribution >= 4 is 11.3 Å². The summed E-state index contributed by atoms with van der Waals surface area (Å²) >= 11 is 1.66. The van der Waals surface area contributed by atoms with E-state index in [4.69, 9.17) is 9.47 Å². The maximum atomic E-state index is 9.61. The average Bonchev–Trinajstić information content (AvgIpc) is 2.82. The van der Waals surface area contributed by atoms with Gasteiger partial charge in [-0.1, -0.05) is 6.07 Å². The van der Waals surface area contributed by atoms with Crippen molar-refractivity contribution in [2.75, 3.05) is 32.9 Å². The summed E-state index contributed by atoms with van der Waals surface area (Å²) in [5, 5.41) is 14.7. The predicted molar refractivity (Wildman–Crippen MR) is 69.3 cm³/mol. The molecule has 0 aromatic carbocycles. The highest BCUT2D eigenvalue weighted by Crippen LogP contribution is 2.09. The number of thiophene rings is 1. The molecule has 0 radical (unpaired) electrons. The SMILES string of the molecule is CCOCCNCC(O)COCc1cccs1. The zero-order valence-corrected chi connectivity index (χ0v) is 11.0. The van der Waals surface area contributed by atoms with E-state index in [0.29, 0.717) is 26.4 Å². The molecule has 0 aliphatic heterocycles. The van der Waals surface area contributed by atoms with Crippen molar-refractivity contribution in [1.82, 2.24) is 5.32 Å². The van der Waals surface area contributed by atoms with Gasteiger partial charge >= 0.3 is 0 Å². The van der Waals surface area contributed by atoms with Crippen LogP contribution in [0.4, 0.5) is 0 Å². The average molecular weight is 259 g/mol. The van der Waals surface area contributed by atoms with Gasteiger partial charge in [0.1, 0.15) is 0 Å². The molecule has 1 atom stereocenters. The Bertz CT molecular complexity index is 267. The van der Waals surface area contributed by atoms with Gasteiger partial charge in [-0.25, -0.2) is 0 Å². The summed E-state index contributed by atoms with van der Waals surface area (Å²) < 4.78 is 10.6. The van der Waals surface area contributed by atoms with Crippen LogP contribution in [0.2, 0.25) is 0 Å². The van der Waals surface area contributed by atoms with Gasteiger partial charge in [-0.05, 0) is 18.4 Å². The van der Waals surface area contributed by atoms with Gasteiger partial charge in [0.05, 0.1) is 25.9 Å². The highest BCUT2D eigenvalue weighted by molar-refractivity contribution is 7.09. The van der Waals surface area contributed by atoms with E-state index in [1.807, 2.05) is 24.4 Å². The maximum Gasteiger partial charge on any atom is 0.0897 e. The Morgan fingerprint density at radius 3 is 3.06 bits per heavy atom. The van der Waals surface area contributed by atoms with E-state index < -0.39 is 6.10 Å². The second-order valence-corrected chi connectivity index (χ2v) is 4.68.